The number of amides is 1. The van der Waals surface area contributed by atoms with Crippen molar-refractivity contribution in [1.29, 1.82) is 0 Å². The van der Waals surface area contributed by atoms with Crippen molar-refractivity contribution < 1.29 is 27.9 Å². The maximum absolute atomic E-state index is 12.7. The van der Waals surface area contributed by atoms with Crippen molar-refractivity contribution in [3.63, 3.8) is 0 Å². The van der Waals surface area contributed by atoms with E-state index < -0.39 is 35.4 Å². The minimum atomic E-state index is -4.51. The molecule has 1 saturated heterocycles. The molecule has 0 aromatic carbocycles. The van der Waals surface area contributed by atoms with Crippen LogP contribution in [0.1, 0.15) is 33.1 Å². The highest BCUT2D eigenvalue weighted by Crippen LogP contribution is 2.40. The molecule has 0 bridgehead atoms. The van der Waals surface area contributed by atoms with Crippen LogP contribution in [0, 0.1) is 5.41 Å². The van der Waals surface area contributed by atoms with Crippen molar-refractivity contribution in [3.05, 3.63) is 0 Å². The summed E-state index contributed by atoms with van der Waals surface area (Å²) in [7, 11) is 0. The van der Waals surface area contributed by atoms with Crippen LogP contribution in [-0.2, 0) is 9.59 Å². The van der Waals surface area contributed by atoms with E-state index in [0.29, 0.717) is 11.5 Å². The van der Waals surface area contributed by atoms with Crippen molar-refractivity contribution in [2.24, 2.45) is 5.41 Å². The summed E-state index contributed by atoms with van der Waals surface area (Å²) in [6, 6.07) is 0. The number of carbonyl (C=O) groups is 2. The van der Waals surface area contributed by atoms with Crippen LogP contribution >= 0.6 is 11.8 Å². The van der Waals surface area contributed by atoms with Gasteiger partial charge in [0, 0.05) is 6.42 Å². The molecule has 0 aromatic heterocycles. The Labute approximate surface area is 119 Å². The molecule has 1 fully saturated rings. The summed E-state index contributed by atoms with van der Waals surface area (Å²) in [6.45, 7) is 1.85. The predicted octanol–water partition coefficient (Wildman–Crippen LogP) is 2.43. The van der Waals surface area contributed by atoms with Crippen molar-refractivity contribution in [2.75, 3.05) is 11.5 Å². The van der Waals surface area contributed by atoms with Gasteiger partial charge in [-0.3, -0.25) is 4.79 Å². The molecule has 0 aromatic rings. The van der Waals surface area contributed by atoms with Crippen LogP contribution in [0.5, 0.6) is 0 Å². The van der Waals surface area contributed by atoms with Gasteiger partial charge in [0.15, 0.2) is 0 Å². The molecule has 116 valence electrons. The van der Waals surface area contributed by atoms with Crippen LogP contribution in [0.15, 0.2) is 0 Å². The Morgan fingerprint density at radius 3 is 2.15 bits per heavy atom. The molecule has 2 N–H and O–H groups in total. The van der Waals surface area contributed by atoms with E-state index in [0.717, 1.165) is 13.8 Å². The molecular formula is C12H18F3NO3S. The number of rotatable bonds is 4. The van der Waals surface area contributed by atoms with E-state index in [9.17, 15) is 27.9 Å². The zero-order valence-electron chi connectivity index (χ0n) is 11.3. The summed E-state index contributed by atoms with van der Waals surface area (Å²) in [4.78, 5) is 23.1. The second-order valence-corrected chi connectivity index (χ2v) is 6.83. The number of carboxylic acids is 1. The van der Waals surface area contributed by atoms with E-state index in [1.807, 2.05) is 0 Å². The summed E-state index contributed by atoms with van der Waals surface area (Å²) in [5, 5.41) is 11.6. The Hall–Kier alpha value is -0.920. The van der Waals surface area contributed by atoms with E-state index in [-0.39, 0.29) is 12.8 Å². The number of carbonyl (C=O) groups excluding carboxylic acids is 1. The molecule has 1 heterocycles. The Kier molecular flexibility index (Phi) is 4.99. The zero-order valence-corrected chi connectivity index (χ0v) is 12.2. The molecule has 1 rings (SSSR count). The van der Waals surface area contributed by atoms with Gasteiger partial charge in [0.05, 0.1) is 5.41 Å². The van der Waals surface area contributed by atoms with Crippen molar-refractivity contribution >= 4 is 23.6 Å². The highest BCUT2D eigenvalue weighted by atomic mass is 32.2. The van der Waals surface area contributed by atoms with Gasteiger partial charge < -0.3 is 10.4 Å². The Balaban J connectivity index is 2.76. The number of aliphatic carboxylic acids is 1. The van der Waals surface area contributed by atoms with Crippen LogP contribution in [0.4, 0.5) is 13.2 Å². The summed E-state index contributed by atoms with van der Waals surface area (Å²) < 4.78 is 38.2. The molecule has 1 amide bonds. The van der Waals surface area contributed by atoms with Crippen molar-refractivity contribution in [1.82, 2.24) is 5.32 Å². The summed E-state index contributed by atoms with van der Waals surface area (Å²) >= 11 is 1.56. The van der Waals surface area contributed by atoms with Crippen LogP contribution in [0.25, 0.3) is 0 Å². The second kappa shape index (κ2) is 5.83. The quantitative estimate of drug-likeness (QED) is 0.836. The minimum Gasteiger partial charge on any atom is -0.480 e. The fourth-order valence-corrected chi connectivity index (χ4v) is 3.11. The van der Waals surface area contributed by atoms with E-state index in [4.69, 9.17) is 0 Å². The van der Waals surface area contributed by atoms with E-state index >= 15 is 0 Å². The van der Waals surface area contributed by atoms with Crippen molar-refractivity contribution in [2.45, 2.75) is 44.8 Å². The first kappa shape index (κ1) is 17.1. The highest BCUT2D eigenvalue weighted by molar-refractivity contribution is 7.99. The van der Waals surface area contributed by atoms with Gasteiger partial charge >= 0.3 is 12.1 Å². The number of hydrogen-bond acceptors (Lipinski definition) is 3. The number of carboxylic acid groups (broad SMARTS) is 1. The van der Waals surface area contributed by atoms with Gasteiger partial charge in [0.1, 0.15) is 5.54 Å². The molecule has 20 heavy (non-hydrogen) atoms. The lowest BCUT2D eigenvalue weighted by Crippen LogP contribution is -2.57. The number of hydrogen-bond donors (Lipinski definition) is 2. The molecular weight excluding hydrogens is 295 g/mol. The second-order valence-electron chi connectivity index (χ2n) is 5.61. The van der Waals surface area contributed by atoms with Gasteiger partial charge in [0.25, 0.3) is 0 Å². The third kappa shape index (κ3) is 3.80. The predicted molar refractivity (Wildman–Crippen MR) is 69.5 cm³/mol. The topological polar surface area (TPSA) is 66.4 Å². The zero-order chi connectivity index (χ0) is 15.6. The average Bonchev–Trinajstić information content (AvgIpc) is 2.27. The maximum atomic E-state index is 12.7. The largest absolute Gasteiger partial charge is 0.480 e. The van der Waals surface area contributed by atoms with Gasteiger partial charge in [-0.05, 0) is 24.3 Å². The normalized spacial score (nSPS) is 19.4. The van der Waals surface area contributed by atoms with E-state index in [2.05, 4.69) is 5.32 Å². The Bertz CT molecular complexity index is 390. The first-order chi connectivity index (χ1) is 9.00. The standard InChI is InChI=1S/C12H18F3NO3S/c1-10(2,12(13,14)15)7-8(17)16-11(9(18)19)3-5-20-6-4-11/h3-7H2,1-2H3,(H,16,17)(H,18,19). The Morgan fingerprint density at radius 1 is 1.25 bits per heavy atom. The third-order valence-corrected chi connectivity index (χ3v) is 4.49. The molecule has 0 radical (unpaired) electrons. The number of nitrogens with one attached hydrogen (secondary N) is 1. The minimum absolute atomic E-state index is 0.227. The van der Waals surface area contributed by atoms with Gasteiger partial charge in [-0.15, -0.1) is 0 Å². The lowest BCUT2D eigenvalue weighted by molar-refractivity contribution is -0.214. The number of halogens is 3. The molecule has 0 saturated carbocycles. The molecule has 0 unspecified atom stereocenters. The van der Waals surface area contributed by atoms with E-state index in [1.165, 1.54) is 0 Å². The summed E-state index contributed by atoms with van der Waals surface area (Å²) in [5.41, 5.74) is -3.61. The fourth-order valence-electron chi connectivity index (χ4n) is 1.92. The smallest absolute Gasteiger partial charge is 0.394 e. The monoisotopic (exact) mass is 313 g/mol. The molecule has 1 aliphatic heterocycles. The first-order valence-electron chi connectivity index (χ1n) is 6.19. The number of thioether (sulfide) groups is 1. The fraction of sp³-hybridized carbons (Fsp3) is 0.833. The van der Waals surface area contributed by atoms with Crippen LogP contribution in [0.2, 0.25) is 0 Å². The van der Waals surface area contributed by atoms with Crippen LogP contribution < -0.4 is 5.32 Å². The van der Waals surface area contributed by atoms with Crippen LogP contribution in [-0.4, -0.2) is 40.2 Å². The van der Waals surface area contributed by atoms with Crippen LogP contribution in [0.3, 0.4) is 0 Å². The van der Waals surface area contributed by atoms with Gasteiger partial charge in [-0.25, -0.2) is 4.79 Å². The van der Waals surface area contributed by atoms with E-state index in [1.54, 1.807) is 11.8 Å². The Morgan fingerprint density at radius 2 is 1.75 bits per heavy atom. The molecule has 1 aliphatic rings. The third-order valence-electron chi connectivity index (χ3n) is 3.50. The van der Waals surface area contributed by atoms with Gasteiger partial charge in [-0.2, -0.15) is 24.9 Å². The molecule has 0 spiro atoms. The lowest BCUT2D eigenvalue weighted by Gasteiger charge is -2.35. The van der Waals surface area contributed by atoms with Crippen molar-refractivity contribution in [3.8, 4) is 0 Å². The molecule has 0 aliphatic carbocycles. The summed E-state index contributed by atoms with van der Waals surface area (Å²) in [6.07, 6.45) is -4.84. The molecule has 4 nitrogen and oxygen atoms in total. The molecule has 0 atom stereocenters. The average molecular weight is 313 g/mol. The van der Waals surface area contributed by atoms with Gasteiger partial charge in [-0.1, -0.05) is 13.8 Å². The SMILES string of the molecule is CC(C)(CC(=O)NC1(C(=O)O)CCSCC1)C(F)(F)F. The highest BCUT2D eigenvalue weighted by Gasteiger charge is 2.49. The summed E-state index contributed by atoms with van der Waals surface area (Å²) in [5.74, 6) is -0.928. The number of alkyl halides is 3. The first-order valence-corrected chi connectivity index (χ1v) is 7.35. The lowest BCUT2D eigenvalue weighted by atomic mass is 9.86. The van der Waals surface area contributed by atoms with Gasteiger partial charge in [0.2, 0.25) is 5.91 Å². The maximum Gasteiger partial charge on any atom is 0.394 e. The molecule has 8 heteroatoms.